The number of rotatable bonds is 7. The third kappa shape index (κ3) is 4.70. The summed E-state index contributed by atoms with van der Waals surface area (Å²) in [5.41, 5.74) is 2.00. The van der Waals surface area contributed by atoms with Crippen LogP contribution in [0.4, 0.5) is 0 Å². The largest absolute Gasteiger partial charge is 0.497 e. The van der Waals surface area contributed by atoms with Gasteiger partial charge in [-0.25, -0.2) is 9.79 Å². The van der Waals surface area contributed by atoms with Gasteiger partial charge in [0.1, 0.15) is 12.4 Å². The van der Waals surface area contributed by atoms with Crippen molar-refractivity contribution in [2.45, 2.75) is 13.0 Å². The minimum atomic E-state index is -0.703. The summed E-state index contributed by atoms with van der Waals surface area (Å²) in [4.78, 5) is 31.8. The molecule has 0 N–H and O–H groups in total. The molecular formula is C25H23ClN2O5S. The van der Waals surface area contributed by atoms with Crippen LogP contribution in [0.5, 0.6) is 5.75 Å². The summed E-state index contributed by atoms with van der Waals surface area (Å²) in [5.74, 6) is 0.124. The Labute approximate surface area is 205 Å². The number of fused-ring (bicyclic) bond motifs is 1. The van der Waals surface area contributed by atoms with Gasteiger partial charge in [-0.3, -0.25) is 9.36 Å². The number of methoxy groups -OCH3 is 2. The number of hydrogen-bond acceptors (Lipinski definition) is 7. The summed E-state index contributed by atoms with van der Waals surface area (Å²) < 4.78 is 17.7. The Morgan fingerprint density at radius 3 is 2.56 bits per heavy atom. The lowest BCUT2D eigenvalue weighted by molar-refractivity contribution is -0.140. The first kappa shape index (κ1) is 23.9. The maximum absolute atomic E-state index is 13.6. The summed E-state index contributed by atoms with van der Waals surface area (Å²) in [6.45, 7) is 2.11. The number of carbonyl (C=O) groups is 1. The first-order chi connectivity index (χ1) is 16.4. The van der Waals surface area contributed by atoms with E-state index in [1.807, 2.05) is 30.3 Å². The molecule has 0 aliphatic carbocycles. The molecule has 0 saturated heterocycles. The standard InChI is InChI=1S/C25H23ClN2O5S/c1-15-21(24(30)33-13-12-31-2)22(16-8-10-18(32-3)11-9-16)28-23(29)20(34-25(28)27-15)14-17-6-4-5-7-19(17)26/h4-11,14,22H,12-13H2,1-3H3/b20-14-. The topological polar surface area (TPSA) is 79.1 Å². The zero-order valence-corrected chi connectivity index (χ0v) is 20.5. The number of hydrogen-bond donors (Lipinski definition) is 0. The molecule has 2 heterocycles. The van der Waals surface area contributed by atoms with E-state index in [-0.39, 0.29) is 18.8 Å². The fraction of sp³-hybridized carbons (Fsp3) is 0.240. The Morgan fingerprint density at radius 1 is 1.15 bits per heavy atom. The van der Waals surface area contributed by atoms with Crippen molar-refractivity contribution in [1.29, 1.82) is 0 Å². The van der Waals surface area contributed by atoms with Gasteiger partial charge < -0.3 is 14.2 Å². The van der Waals surface area contributed by atoms with Gasteiger partial charge in [-0.1, -0.05) is 53.3 Å². The van der Waals surface area contributed by atoms with Crippen LogP contribution >= 0.6 is 22.9 Å². The van der Waals surface area contributed by atoms with Crippen LogP contribution in [-0.2, 0) is 14.3 Å². The van der Waals surface area contributed by atoms with Gasteiger partial charge >= 0.3 is 5.97 Å². The van der Waals surface area contributed by atoms with E-state index >= 15 is 0 Å². The fourth-order valence-corrected chi connectivity index (χ4v) is 4.94. The second-order valence-corrected chi connectivity index (χ2v) is 8.92. The molecule has 1 aliphatic heterocycles. The average Bonchev–Trinajstić information content (AvgIpc) is 3.14. The van der Waals surface area contributed by atoms with Gasteiger partial charge in [-0.2, -0.15) is 0 Å². The molecule has 34 heavy (non-hydrogen) atoms. The molecule has 2 aromatic carbocycles. The number of aromatic nitrogens is 1. The molecule has 0 amide bonds. The van der Waals surface area contributed by atoms with Crippen molar-refractivity contribution in [3.05, 3.63) is 95.6 Å². The highest BCUT2D eigenvalue weighted by molar-refractivity contribution is 7.07. The number of carbonyl (C=O) groups excluding carboxylic acids is 1. The number of esters is 1. The minimum Gasteiger partial charge on any atom is -0.497 e. The van der Waals surface area contributed by atoms with Crippen molar-refractivity contribution in [3.63, 3.8) is 0 Å². The molecule has 1 unspecified atom stereocenters. The van der Waals surface area contributed by atoms with Crippen molar-refractivity contribution >= 4 is 35.0 Å². The number of thiazole rings is 1. The smallest absolute Gasteiger partial charge is 0.338 e. The fourth-order valence-electron chi connectivity index (χ4n) is 3.71. The van der Waals surface area contributed by atoms with E-state index in [0.29, 0.717) is 31.4 Å². The third-order valence-corrected chi connectivity index (χ3v) is 6.71. The quantitative estimate of drug-likeness (QED) is 0.369. The third-order valence-electron chi connectivity index (χ3n) is 5.39. The van der Waals surface area contributed by atoms with E-state index in [9.17, 15) is 9.59 Å². The number of benzene rings is 2. The SMILES string of the molecule is COCCOC(=O)C1=C(C)N=c2s/c(=C\c3ccccc3Cl)c(=O)n2C1c1ccc(OC)cc1. The summed E-state index contributed by atoms with van der Waals surface area (Å²) in [6, 6.07) is 13.8. The Balaban J connectivity index is 1.89. The van der Waals surface area contributed by atoms with Crippen LogP contribution in [0, 0.1) is 0 Å². The Hall–Kier alpha value is -3.20. The Morgan fingerprint density at radius 2 is 1.88 bits per heavy atom. The summed E-state index contributed by atoms with van der Waals surface area (Å²) in [7, 11) is 3.11. The molecule has 1 aliphatic rings. The molecule has 7 nitrogen and oxygen atoms in total. The predicted molar refractivity (Wildman–Crippen MR) is 131 cm³/mol. The van der Waals surface area contributed by atoms with Crippen molar-refractivity contribution in [3.8, 4) is 5.75 Å². The summed E-state index contributed by atoms with van der Waals surface area (Å²) in [5, 5.41) is 0.540. The Kier molecular flexibility index (Phi) is 7.31. The highest BCUT2D eigenvalue weighted by atomic mass is 35.5. The van der Waals surface area contributed by atoms with Gasteiger partial charge in [-0.05, 0) is 42.3 Å². The maximum atomic E-state index is 13.6. The second-order valence-electron chi connectivity index (χ2n) is 7.51. The molecule has 0 radical (unpaired) electrons. The number of allylic oxidation sites excluding steroid dienone is 1. The number of halogens is 1. The van der Waals surface area contributed by atoms with E-state index in [1.54, 1.807) is 38.3 Å². The predicted octanol–water partition coefficient (Wildman–Crippen LogP) is 3.09. The molecule has 0 fully saturated rings. The van der Waals surface area contributed by atoms with Gasteiger partial charge in [0.05, 0.1) is 35.6 Å². The molecule has 0 spiro atoms. The van der Waals surface area contributed by atoms with Crippen LogP contribution in [-0.4, -0.2) is 38.0 Å². The summed E-state index contributed by atoms with van der Waals surface area (Å²) >= 11 is 7.55. The van der Waals surface area contributed by atoms with Gasteiger partial charge in [0.2, 0.25) is 0 Å². The lowest BCUT2D eigenvalue weighted by Crippen LogP contribution is -2.40. The van der Waals surface area contributed by atoms with Crippen LogP contribution < -0.4 is 19.6 Å². The van der Waals surface area contributed by atoms with E-state index in [0.717, 1.165) is 11.1 Å². The molecular weight excluding hydrogens is 476 g/mol. The number of nitrogens with zero attached hydrogens (tertiary/aromatic N) is 2. The van der Waals surface area contributed by atoms with Crippen molar-refractivity contribution in [2.24, 2.45) is 4.99 Å². The van der Waals surface area contributed by atoms with Crippen molar-refractivity contribution in [2.75, 3.05) is 27.4 Å². The molecule has 9 heteroatoms. The molecule has 1 aromatic heterocycles. The van der Waals surface area contributed by atoms with Crippen LogP contribution in [0.3, 0.4) is 0 Å². The summed E-state index contributed by atoms with van der Waals surface area (Å²) in [6.07, 6.45) is 1.74. The van der Waals surface area contributed by atoms with E-state index in [4.69, 9.17) is 25.8 Å². The highest BCUT2D eigenvalue weighted by Gasteiger charge is 2.33. The van der Waals surface area contributed by atoms with Crippen molar-refractivity contribution in [1.82, 2.24) is 4.57 Å². The van der Waals surface area contributed by atoms with Gasteiger partial charge in [-0.15, -0.1) is 0 Å². The average molecular weight is 499 g/mol. The number of ether oxygens (including phenoxy) is 3. The zero-order chi connectivity index (χ0) is 24.2. The van der Waals surface area contributed by atoms with E-state index in [1.165, 1.54) is 23.0 Å². The van der Waals surface area contributed by atoms with Crippen molar-refractivity contribution < 1.29 is 19.0 Å². The van der Waals surface area contributed by atoms with E-state index < -0.39 is 12.0 Å². The van der Waals surface area contributed by atoms with Gasteiger partial charge in [0.15, 0.2) is 4.80 Å². The first-order valence-corrected chi connectivity index (χ1v) is 11.7. The molecule has 176 valence electrons. The maximum Gasteiger partial charge on any atom is 0.338 e. The molecule has 4 rings (SSSR count). The second kappa shape index (κ2) is 10.4. The zero-order valence-electron chi connectivity index (χ0n) is 18.9. The normalized spacial score (nSPS) is 15.6. The van der Waals surface area contributed by atoms with Crippen LogP contribution in [0.25, 0.3) is 6.08 Å². The van der Waals surface area contributed by atoms with Crippen LogP contribution in [0.15, 0.2) is 69.6 Å². The van der Waals surface area contributed by atoms with E-state index in [2.05, 4.69) is 4.99 Å². The minimum absolute atomic E-state index is 0.0956. The van der Waals surface area contributed by atoms with Gasteiger partial charge in [0, 0.05) is 12.1 Å². The lowest BCUT2D eigenvalue weighted by Gasteiger charge is -2.25. The van der Waals surface area contributed by atoms with Gasteiger partial charge in [0.25, 0.3) is 5.56 Å². The monoisotopic (exact) mass is 498 g/mol. The molecule has 0 bridgehead atoms. The lowest BCUT2D eigenvalue weighted by atomic mass is 9.96. The Bertz CT molecular complexity index is 1420. The first-order valence-electron chi connectivity index (χ1n) is 10.5. The van der Waals surface area contributed by atoms with Crippen LogP contribution in [0.1, 0.15) is 24.1 Å². The van der Waals surface area contributed by atoms with Crippen LogP contribution in [0.2, 0.25) is 5.02 Å². The molecule has 1 atom stereocenters. The highest BCUT2D eigenvalue weighted by Crippen LogP contribution is 2.31. The molecule has 3 aromatic rings. The molecule has 0 saturated carbocycles.